The van der Waals surface area contributed by atoms with Crippen LogP contribution in [0.2, 0.25) is 0 Å². The molecule has 0 atom stereocenters. The highest BCUT2D eigenvalue weighted by molar-refractivity contribution is 5.97. The van der Waals surface area contributed by atoms with Crippen molar-refractivity contribution >= 4 is 23.3 Å². The Hall–Kier alpha value is -2.99. The van der Waals surface area contributed by atoms with Crippen LogP contribution in [0.15, 0.2) is 60.7 Å². The zero-order valence-corrected chi connectivity index (χ0v) is 16.5. The molecule has 6 heteroatoms. The maximum Gasteiger partial charge on any atom is 0.238 e. The number of carbonyl (C=O) groups excluding carboxylic acids is 3. The first-order valence-electron chi connectivity index (χ1n) is 10.0. The molecule has 0 radical (unpaired) electrons. The number of hydrogen-bond donors (Lipinski definition) is 2. The smallest absolute Gasteiger partial charge is 0.238 e. The summed E-state index contributed by atoms with van der Waals surface area (Å²) >= 11 is 0. The SMILES string of the molecule is O=C(CN1CCC(NC(=O)CCC(=O)c2ccccc2)CC1)Nc1ccccc1. The van der Waals surface area contributed by atoms with Crippen molar-refractivity contribution in [1.82, 2.24) is 10.2 Å². The van der Waals surface area contributed by atoms with E-state index in [2.05, 4.69) is 15.5 Å². The van der Waals surface area contributed by atoms with Crippen molar-refractivity contribution in [1.29, 1.82) is 0 Å². The Morgan fingerprint density at radius 3 is 2.10 bits per heavy atom. The van der Waals surface area contributed by atoms with Crippen LogP contribution in [0.3, 0.4) is 0 Å². The summed E-state index contributed by atoms with van der Waals surface area (Å²) in [5.41, 5.74) is 1.44. The number of nitrogens with one attached hydrogen (secondary N) is 2. The molecule has 1 saturated heterocycles. The van der Waals surface area contributed by atoms with E-state index in [1.165, 1.54) is 0 Å². The summed E-state index contributed by atoms with van der Waals surface area (Å²) in [7, 11) is 0. The van der Waals surface area contributed by atoms with E-state index in [0.29, 0.717) is 12.1 Å². The van der Waals surface area contributed by atoms with E-state index in [1.54, 1.807) is 12.1 Å². The lowest BCUT2D eigenvalue weighted by atomic mass is 10.0. The molecule has 1 fully saturated rings. The van der Waals surface area contributed by atoms with E-state index in [9.17, 15) is 14.4 Å². The van der Waals surface area contributed by atoms with Crippen LogP contribution < -0.4 is 10.6 Å². The number of likely N-dealkylation sites (tertiary alicyclic amines) is 1. The quantitative estimate of drug-likeness (QED) is 0.676. The van der Waals surface area contributed by atoms with Crippen LogP contribution in [-0.2, 0) is 9.59 Å². The number of piperidine rings is 1. The average Bonchev–Trinajstić information content (AvgIpc) is 2.75. The third-order valence-corrected chi connectivity index (χ3v) is 5.05. The molecule has 3 rings (SSSR count). The molecule has 152 valence electrons. The number of rotatable bonds is 8. The first-order chi connectivity index (χ1) is 14.1. The summed E-state index contributed by atoms with van der Waals surface area (Å²) in [6.07, 6.45) is 2.02. The van der Waals surface area contributed by atoms with E-state index >= 15 is 0 Å². The highest BCUT2D eigenvalue weighted by Crippen LogP contribution is 2.12. The summed E-state index contributed by atoms with van der Waals surface area (Å²) in [5, 5.41) is 5.91. The number of hydrogen-bond acceptors (Lipinski definition) is 4. The Balaban J connectivity index is 1.33. The number of amides is 2. The molecule has 2 N–H and O–H groups in total. The minimum Gasteiger partial charge on any atom is -0.353 e. The number of nitrogens with zero attached hydrogens (tertiary/aromatic N) is 1. The zero-order chi connectivity index (χ0) is 20.5. The number of carbonyl (C=O) groups is 3. The van der Waals surface area contributed by atoms with Crippen molar-refractivity contribution in [3.05, 3.63) is 66.2 Å². The van der Waals surface area contributed by atoms with Gasteiger partial charge in [0.05, 0.1) is 6.54 Å². The Labute approximate surface area is 171 Å². The van der Waals surface area contributed by atoms with E-state index in [-0.39, 0.29) is 36.5 Å². The van der Waals surface area contributed by atoms with Crippen molar-refractivity contribution in [2.45, 2.75) is 31.7 Å². The van der Waals surface area contributed by atoms with Crippen LogP contribution in [0.4, 0.5) is 5.69 Å². The molecular formula is C23H27N3O3. The summed E-state index contributed by atoms with van der Waals surface area (Å²) in [5.74, 6) is -0.132. The van der Waals surface area contributed by atoms with Crippen LogP contribution in [0, 0.1) is 0 Å². The van der Waals surface area contributed by atoms with Crippen LogP contribution in [0.25, 0.3) is 0 Å². The molecule has 0 aliphatic carbocycles. The molecular weight excluding hydrogens is 366 g/mol. The Bertz CT molecular complexity index is 816. The third-order valence-electron chi connectivity index (χ3n) is 5.05. The van der Waals surface area contributed by atoms with E-state index in [4.69, 9.17) is 0 Å². The Morgan fingerprint density at radius 1 is 0.828 bits per heavy atom. The monoisotopic (exact) mass is 393 g/mol. The van der Waals surface area contributed by atoms with Crippen molar-refractivity contribution in [2.75, 3.05) is 25.0 Å². The van der Waals surface area contributed by atoms with Gasteiger partial charge in [-0.1, -0.05) is 48.5 Å². The minimum atomic E-state index is -0.0884. The van der Waals surface area contributed by atoms with Gasteiger partial charge >= 0.3 is 0 Å². The van der Waals surface area contributed by atoms with Gasteiger partial charge in [-0.25, -0.2) is 0 Å². The molecule has 0 bridgehead atoms. The van der Waals surface area contributed by atoms with E-state index < -0.39 is 0 Å². The largest absolute Gasteiger partial charge is 0.353 e. The first kappa shape index (κ1) is 20.7. The molecule has 1 aliphatic rings. The lowest BCUT2D eigenvalue weighted by Gasteiger charge is -2.31. The lowest BCUT2D eigenvalue weighted by molar-refractivity contribution is -0.122. The normalized spacial score (nSPS) is 14.9. The summed E-state index contributed by atoms with van der Waals surface area (Å²) in [6.45, 7) is 1.87. The van der Waals surface area contributed by atoms with Gasteiger partial charge in [-0.05, 0) is 25.0 Å². The van der Waals surface area contributed by atoms with Gasteiger partial charge in [0.2, 0.25) is 11.8 Å². The molecule has 0 saturated carbocycles. The van der Waals surface area contributed by atoms with Crippen LogP contribution in [-0.4, -0.2) is 48.2 Å². The zero-order valence-electron chi connectivity index (χ0n) is 16.5. The molecule has 0 unspecified atom stereocenters. The van der Waals surface area contributed by atoms with Gasteiger partial charge in [-0.3, -0.25) is 19.3 Å². The number of benzene rings is 2. The molecule has 2 aromatic carbocycles. The number of para-hydroxylation sites is 1. The summed E-state index contributed by atoms with van der Waals surface area (Å²) in [6, 6.07) is 18.5. The highest BCUT2D eigenvalue weighted by Gasteiger charge is 2.22. The highest BCUT2D eigenvalue weighted by atomic mass is 16.2. The van der Waals surface area contributed by atoms with Gasteiger partial charge in [-0.15, -0.1) is 0 Å². The van der Waals surface area contributed by atoms with Gasteiger partial charge in [0.15, 0.2) is 5.78 Å². The van der Waals surface area contributed by atoms with Gasteiger partial charge in [0, 0.05) is 43.2 Å². The van der Waals surface area contributed by atoms with Crippen molar-refractivity contribution in [3.8, 4) is 0 Å². The fourth-order valence-electron chi connectivity index (χ4n) is 3.46. The maximum atomic E-state index is 12.2. The molecule has 2 aromatic rings. The molecule has 0 spiro atoms. The van der Waals surface area contributed by atoms with Crippen LogP contribution in [0.5, 0.6) is 0 Å². The lowest BCUT2D eigenvalue weighted by Crippen LogP contribution is -2.46. The van der Waals surface area contributed by atoms with E-state index in [1.807, 2.05) is 48.5 Å². The summed E-state index contributed by atoms with van der Waals surface area (Å²) in [4.78, 5) is 38.5. The predicted octanol–water partition coefficient (Wildman–Crippen LogP) is 2.87. The standard InChI is InChI=1S/C23H27N3O3/c27-21(18-7-3-1-4-8-18)11-12-22(28)24-20-13-15-26(16-14-20)17-23(29)25-19-9-5-2-6-10-19/h1-10,20H,11-17H2,(H,24,28)(H,25,29). The number of anilines is 1. The molecule has 1 aliphatic heterocycles. The van der Waals surface area contributed by atoms with Gasteiger partial charge < -0.3 is 10.6 Å². The second-order valence-electron chi connectivity index (χ2n) is 7.32. The van der Waals surface area contributed by atoms with Crippen molar-refractivity contribution in [3.63, 3.8) is 0 Å². The van der Waals surface area contributed by atoms with Crippen molar-refractivity contribution in [2.24, 2.45) is 0 Å². The molecule has 6 nitrogen and oxygen atoms in total. The maximum absolute atomic E-state index is 12.2. The molecule has 0 aromatic heterocycles. The third kappa shape index (κ3) is 6.84. The Morgan fingerprint density at radius 2 is 1.45 bits per heavy atom. The number of ketones is 1. The summed E-state index contributed by atoms with van der Waals surface area (Å²) < 4.78 is 0. The van der Waals surface area contributed by atoms with Gasteiger partial charge in [0.25, 0.3) is 0 Å². The van der Waals surface area contributed by atoms with Crippen molar-refractivity contribution < 1.29 is 14.4 Å². The first-order valence-corrected chi connectivity index (χ1v) is 10.0. The fourth-order valence-corrected chi connectivity index (χ4v) is 3.46. The molecule has 2 amide bonds. The topological polar surface area (TPSA) is 78.5 Å². The van der Waals surface area contributed by atoms with E-state index in [0.717, 1.165) is 31.6 Å². The average molecular weight is 393 g/mol. The molecule has 29 heavy (non-hydrogen) atoms. The minimum absolute atomic E-state index is 0.0139. The second-order valence-corrected chi connectivity index (χ2v) is 7.32. The fraction of sp³-hybridized carbons (Fsp3) is 0.348. The Kier molecular flexibility index (Phi) is 7.53. The number of Topliss-reactive ketones (excluding diaryl/α,β-unsaturated/α-hetero) is 1. The van der Waals surface area contributed by atoms with Gasteiger partial charge in [-0.2, -0.15) is 0 Å². The van der Waals surface area contributed by atoms with Crippen LogP contribution in [0.1, 0.15) is 36.0 Å². The van der Waals surface area contributed by atoms with Crippen LogP contribution >= 0.6 is 0 Å². The molecule has 1 heterocycles. The van der Waals surface area contributed by atoms with Gasteiger partial charge in [0.1, 0.15) is 0 Å². The second kappa shape index (κ2) is 10.5. The predicted molar refractivity (Wildman–Crippen MR) is 113 cm³/mol.